The molecule has 1 aliphatic heterocycles. The second-order valence-electron chi connectivity index (χ2n) is 4.96. The SMILES string of the molecule is Cl.c1nc2c(ccc3[nH]cc(C4CCNCC4)c32)o1. The van der Waals surface area contributed by atoms with Gasteiger partial charge in [0.15, 0.2) is 12.0 Å². The first-order valence-corrected chi connectivity index (χ1v) is 6.47. The monoisotopic (exact) mass is 277 g/mol. The molecule has 0 radical (unpaired) electrons. The molecule has 0 bridgehead atoms. The van der Waals surface area contributed by atoms with Gasteiger partial charge in [-0.3, -0.25) is 0 Å². The second kappa shape index (κ2) is 4.87. The average Bonchev–Trinajstić information content (AvgIpc) is 3.05. The van der Waals surface area contributed by atoms with Gasteiger partial charge in [-0.25, -0.2) is 4.98 Å². The molecule has 4 nitrogen and oxygen atoms in total. The Labute approximate surface area is 117 Å². The van der Waals surface area contributed by atoms with E-state index in [0.717, 1.165) is 29.7 Å². The van der Waals surface area contributed by atoms with Crippen molar-refractivity contribution < 1.29 is 4.42 Å². The van der Waals surface area contributed by atoms with Crippen molar-refractivity contribution in [3.8, 4) is 0 Å². The summed E-state index contributed by atoms with van der Waals surface area (Å²) in [5.41, 5.74) is 4.41. The van der Waals surface area contributed by atoms with Crippen molar-refractivity contribution in [3.63, 3.8) is 0 Å². The van der Waals surface area contributed by atoms with Crippen LogP contribution in [0.25, 0.3) is 22.0 Å². The lowest BCUT2D eigenvalue weighted by atomic mass is 9.90. The van der Waals surface area contributed by atoms with Crippen molar-refractivity contribution in [2.45, 2.75) is 18.8 Å². The molecule has 1 saturated heterocycles. The summed E-state index contributed by atoms with van der Waals surface area (Å²) < 4.78 is 5.40. The van der Waals surface area contributed by atoms with Crippen LogP contribution in [0.1, 0.15) is 24.3 Å². The standard InChI is InChI=1S/C14H15N3O.ClH/c1-2-12-14(17-8-18-12)13-10(7-16-11(1)13)9-3-5-15-6-4-9;/h1-2,7-9,15-16H,3-6H2;1H. The lowest BCUT2D eigenvalue weighted by Gasteiger charge is -2.22. The predicted octanol–water partition coefficient (Wildman–Crippen LogP) is 3.20. The molecule has 3 heterocycles. The van der Waals surface area contributed by atoms with Gasteiger partial charge >= 0.3 is 0 Å². The fourth-order valence-corrected chi connectivity index (χ4v) is 3.03. The highest BCUT2D eigenvalue weighted by molar-refractivity contribution is 6.04. The van der Waals surface area contributed by atoms with Crippen LogP contribution in [0.2, 0.25) is 0 Å². The van der Waals surface area contributed by atoms with E-state index in [-0.39, 0.29) is 12.4 Å². The number of nitrogens with zero attached hydrogens (tertiary/aromatic N) is 1. The van der Waals surface area contributed by atoms with Crippen LogP contribution in [-0.4, -0.2) is 23.1 Å². The Balaban J connectivity index is 0.00000110. The summed E-state index contributed by atoms with van der Waals surface area (Å²) >= 11 is 0. The second-order valence-corrected chi connectivity index (χ2v) is 4.96. The van der Waals surface area contributed by atoms with Crippen LogP contribution in [0.15, 0.2) is 29.1 Å². The Morgan fingerprint density at radius 2 is 2.05 bits per heavy atom. The fraction of sp³-hybridized carbons (Fsp3) is 0.357. The number of nitrogens with one attached hydrogen (secondary N) is 2. The molecule has 2 aromatic heterocycles. The summed E-state index contributed by atoms with van der Waals surface area (Å²) in [6, 6.07) is 4.06. The number of hydrogen-bond acceptors (Lipinski definition) is 3. The Morgan fingerprint density at radius 1 is 1.21 bits per heavy atom. The number of aromatic nitrogens is 2. The van der Waals surface area contributed by atoms with Crippen LogP contribution < -0.4 is 5.32 Å². The van der Waals surface area contributed by atoms with E-state index in [4.69, 9.17) is 4.42 Å². The Bertz CT molecular complexity index is 697. The molecule has 0 saturated carbocycles. The normalized spacial score (nSPS) is 16.8. The molecule has 0 aliphatic carbocycles. The quantitative estimate of drug-likeness (QED) is 0.718. The zero-order valence-electron chi connectivity index (χ0n) is 10.5. The van der Waals surface area contributed by atoms with Crippen LogP contribution >= 0.6 is 12.4 Å². The highest BCUT2D eigenvalue weighted by Crippen LogP contribution is 2.35. The first kappa shape index (κ1) is 12.5. The molecular formula is C14H16ClN3O. The van der Waals surface area contributed by atoms with Crippen LogP contribution in [0.4, 0.5) is 0 Å². The number of H-pyrrole nitrogens is 1. The summed E-state index contributed by atoms with van der Waals surface area (Å²) in [6.45, 7) is 2.21. The molecule has 4 rings (SSSR count). The molecule has 19 heavy (non-hydrogen) atoms. The molecule has 1 fully saturated rings. The van der Waals surface area contributed by atoms with Crippen LogP contribution in [0.3, 0.4) is 0 Å². The number of hydrogen-bond donors (Lipinski definition) is 2. The smallest absolute Gasteiger partial charge is 0.182 e. The van der Waals surface area contributed by atoms with Crippen LogP contribution in [0, 0.1) is 0 Å². The van der Waals surface area contributed by atoms with Crippen LogP contribution in [0.5, 0.6) is 0 Å². The van der Waals surface area contributed by atoms with E-state index >= 15 is 0 Å². The van der Waals surface area contributed by atoms with Crippen molar-refractivity contribution >= 4 is 34.4 Å². The van der Waals surface area contributed by atoms with Crippen molar-refractivity contribution in [1.29, 1.82) is 0 Å². The number of fused-ring (bicyclic) bond motifs is 3. The molecule has 0 spiro atoms. The molecule has 100 valence electrons. The van der Waals surface area contributed by atoms with Gasteiger partial charge in [0, 0.05) is 17.1 Å². The lowest BCUT2D eigenvalue weighted by molar-refractivity contribution is 0.462. The van der Waals surface area contributed by atoms with E-state index in [1.807, 2.05) is 6.07 Å². The van der Waals surface area contributed by atoms with E-state index in [1.165, 1.54) is 30.2 Å². The third-order valence-corrected chi connectivity index (χ3v) is 3.95. The van der Waals surface area contributed by atoms with E-state index in [0.29, 0.717) is 5.92 Å². The van der Waals surface area contributed by atoms with E-state index in [9.17, 15) is 0 Å². The number of oxazole rings is 1. The molecule has 5 heteroatoms. The van der Waals surface area contributed by atoms with Crippen molar-refractivity contribution in [2.75, 3.05) is 13.1 Å². The number of benzene rings is 1. The maximum Gasteiger partial charge on any atom is 0.182 e. The zero-order valence-corrected chi connectivity index (χ0v) is 11.3. The fourth-order valence-electron chi connectivity index (χ4n) is 3.03. The average molecular weight is 278 g/mol. The number of halogens is 1. The maximum absolute atomic E-state index is 5.40. The van der Waals surface area contributed by atoms with Gasteiger partial charge in [-0.05, 0) is 49.5 Å². The van der Waals surface area contributed by atoms with Gasteiger partial charge in [0.2, 0.25) is 0 Å². The number of rotatable bonds is 1. The van der Waals surface area contributed by atoms with Gasteiger partial charge < -0.3 is 14.7 Å². The van der Waals surface area contributed by atoms with Crippen molar-refractivity contribution in [2.24, 2.45) is 0 Å². The predicted molar refractivity (Wildman–Crippen MR) is 78.0 cm³/mol. The van der Waals surface area contributed by atoms with Crippen LogP contribution in [-0.2, 0) is 0 Å². The molecule has 0 amide bonds. The van der Waals surface area contributed by atoms with Crippen molar-refractivity contribution in [3.05, 3.63) is 30.3 Å². The molecule has 0 atom stereocenters. The lowest BCUT2D eigenvalue weighted by Crippen LogP contribution is -2.26. The summed E-state index contributed by atoms with van der Waals surface area (Å²) in [7, 11) is 0. The summed E-state index contributed by atoms with van der Waals surface area (Å²) in [5, 5.41) is 4.66. The van der Waals surface area contributed by atoms with E-state index in [1.54, 1.807) is 0 Å². The Kier molecular flexibility index (Phi) is 3.21. The molecular weight excluding hydrogens is 262 g/mol. The molecule has 2 N–H and O–H groups in total. The van der Waals surface area contributed by atoms with Crippen molar-refractivity contribution in [1.82, 2.24) is 15.3 Å². The number of aromatic amines is 1. The van der Waals surface area contributed by atoms with Gasteiger partial charge in [0.1, 0.15) is 5.52 Å². The number of piperidine rings is 1. The van der Waals surface area contributed by atoms with Gasteiger partial charge in [-0.2, -0.15) is 0 Å². The zero-order chi connectivity index (χ0) is 11.9. The third-order valence-electron chi connectivity index (χ3n) is 3.95. The van der Waals surface area contributed by atoms with Gasteiger partial charge in [-0.15, -0.1) is 12.4 Å². The molecule has 1 aromatic carbocycles. The van der Waals surface area contributed by atoms with E-state index < -0.39 is 0 Å². The minimum atomic E-state index is 0. The molecule has 0 unspecified atom stereocenters. The summed E-state index contributed by atoms with van der Waals surface area (Å²) in [6.07, 6.45) is 6.07. The minimum absolute atomic E-state index is 0. The Morgan fingerprint density at radius 3 is 2.89 bits per heavy atom. The first-order valence-electron chi connectivity index (χ1n) is 6.47. The Hall–Kier alpha value is -1.52. The maximum atomic E-state index is 5.40. The molecule has 3 aromatic rings. The topological polar surface area (TPSA) is 53.9 Å². The summed E-state index contributed by atoms with van der Waals surface area (Å²) in [5.74, 6) is 0.627. The minimum Gasteiger partial charge on any atom is -0.443 e. The highest BCUT2D eigenvalue weighted by atomic mass is 35.5. The largest absolute Gasteiger partial charge is 0.443 e. The first-order chi connectivity index (χ1) is 8.93. The van der Waals surface area contributed by atoms with E-state index in [2.05, 4.69) is 27.5 Å². The highest BCUT2D eigenvalue weighted by Gasteiger charge is 2.20. The van der Waals surface area contributed by atoms with Gasteiger partial charge in [0.05, 0.1) is 0 Å². The van der Waals surface area contributed by atoms with Gasteiger partial charge in [-0.1, -0.05) is 0 Å². The van der Waals surface area contributed by atoms with Gasteiger partial charge in [0.25, 0.3) is 0 Å². The summed E-state index contributed by atoms with van der Waals surface area (Å²) in [4.78, 5) is 7.74. The third kappa shape index (κ3) is 1.91. The molecule has 1 aliphatic rings.